The number of hydrogen-bond donors (Lipinski definition) is 1. The Morgan fingerprint density at radius 1 is 1.42 bits per heavy atom. The summed E-state index contributed by atoms with van der Waals surface area (Å²) in [5.74, 6) is -1.87. The van der Waals surface area contributed by atoms with Crippen molar-refractivity contribution in [3.8, 4) is 0 Å². The van der Waals surface area contributed by atoms with Crippen molar-refractivity contribution in [2.45, 2.75) is 33.4 Å². The third-order valence-electron chi connectivity index (χ3n) is 1.06. The highest BCUT2D eigenvalue weighted by Gasteiger charge is 2.38. The molecule has 0 aromatic rings. The molecule has 0 saturated heterocycles. The molecule has 2 nitrogen and oxygen atoms in total. The van der Waals surface area contributed by atoms with E-state index in [1.54, 1.807) is 0 Å². The third-order valence-corrected chi connectivity index (χ3v) is 1.06. The first-order valence-electron chi connectivity index (χ1n) is 3.51. The topological polar surface area (TPSA) is 37.3 Å². The Bertz CT molecular complexity index is 129. The fourth-order valence-corrected chi connectivity index (χ4v) is 0. The maximum absolute atomic E-state index is 10.6. The average molecular weight is 186 g/mol. The molecule has 1 N–H and O–H groups in total. The number of hydrogen-bond acceptors (Lipinski definition) is 1. The summed E-state index contributed by atoms with van der Waals surface area (Å²) >= 11 is 0. The van der Waals surface area contributed by atoms with Crippen molar-refractivity contribution in [3.05, 3.63) is 0 Å². The number of carbonyl (C=O) groups is 1. The first kappa shape index (κ1) is 13.8. The molecule has 0 atom stereocenters. The standard InChI is InChI=1S/C5H12.C2HF3O2/c1-4-5(2)3;3-2(4,5)1(6)7/h5H,4H2,1-3H3;(H,6,7). The molecule has 0 aromatic heterocycles. The van der Waals surface area contributed by atoms with Crippen molar-refractivity contribution in [2.24, 2.45) is 5.92 Å². The van der Waals surface area contributed by atoms with Gasteiger partial charge in [0, 0.05) is 0 Å². The minimum absolute atomic E-state index is 0.884. The molecule has 0 bridgehead atoms. The predicted molar refractivity (Wildman–Crippen MR) is 38.8 cm³/mol. The van der Waals surface area contributed by atoms with Crippen molar-refractivity contribution < 1.29 is 23.1 Å². The lowest BCUT2D eigenvalue weighted by Crippen LogP contribution is -2.21. The molecule has 0 spiro atoms. The van der Waals surface area contributed by atoms with Crippen LogP contribution in [0.1, 0.15) is 27.2 Å². The Hall–Kier alpha value is -0.740. The van der Waals surface area contributed by atoms with Gasteiger partial charge in [-0.2, -0.15) is 13.2 Å². The molecule has 0 rings (SSSR count). The summed E-state index contributed by atoms with van der Waals surface area (Å²) < 4.78 is 31.7. The summed E-state index contributed by atoms with van der Waals surface area (Å²) in [4.78, 5) is 8.90. The molecule has 0 aliphatic heterocycles. The zero-order valence-corrected chi connectivity index (χ0v) is 7.27. The van der Waals surface area contributed by atoms with Crippen LogP contribution in [0.4, 0.5) is 13.2 Å². The number of aliphatic carboxylic acids is 1. The van der Waals surface area contributed by atoms with Crippen LogP contribution in [0, 0.1) is 5.92 Å². The average Bonchev–Trinajstić information content (AvgIpc) is 1.87. The van der Waals surface area contributed by atoms with Gasteiger partial charge in [0.25, 0.3) is 0 Å². The second-order valence-corrected chi connectivity index (χ2v) is 2.61. The van der Waals surface area contributed by atoms with E-state index < -0.39 is 12.1 Å². The van der Waals surface area contributed by atoms with Crippen molar-refractivity contribution in [2.75, 3.05) is 0 Å². The molecule has 0 radical (unpaired) electrons. The second-order valence-electron chi connectivity index (χ2n) is 2.61. The first-order valence-corrected chi connectivity index (χ1v) is 3.51. The normalized spacial score (nSPS) is 10.6. The van der Waals surface area contributed by atoms with Crippen molar-refractivity contribution >= 4 is 5.97 Å². The van der Waals surface area contributed by atoms with Gasteiger partial charge in [0.15, 0.2) is 0 Å². The maximum atomic E-state index is 10.6. The molecule has 0 amide bonds. The number of carboxylic acids is 1. The van der Waals surface area contributed by atoms with Crippen LogP contribution in [0.15, 0.2) is 0 Å². The molecule has 0 fully saturated rings. The lowest BCUT2D eigenvalue weighted by molar-refractivity contribution is -0.192. The summed E-state index contributed by atoms with van der Waals surface area (Å²) in [5, 5.41) is 7.12. The molecule has 0 unspecified atom stereocenters. The monoisotopic (exact) mass is 186 g/mol. The Balaban J connectivity index is 0. The fourth-order valence-electron chi connectivity index (χ4n) is 0. The van der Waals surface area contributed by atoms with Gasteiger partial charge in [-0.05, 0) is 5.92 Å². The van der Waals surface area contributed by atoms with Crippen molar-refractivity contribution in [1.82, 2.24) is 0 Å². The molecule has 0 aromatic carbocycles. The lowest BCUT2D eigenvalue weighted by Gasteiger charge is -1.93. The third kappa shape index (κ3) is 12.0. The quantitative estimate of drug-likeness (QED) is 0.683. The van der Waals surface area contributed by atoms with Crippen LogP contribution in [0.25, 0.3) is 0 Å². The van der Waals surface area contributed by atoms with Crippen LogP contribution in [0.2, 0.25) is 0 Å². The minimum atomic E-state index is -5.08. The Morgan fingerprint density at radius 3 is 1.58 bits per heavy atom. The molecule has 5 heteroatoms. The Labute approximate surface area is 69.4 Å². The van der Waals surface area contributed by atoms with Crippen LogP contribution >= 0.6 is 0 Å². The SMILES string of the molecule is CCC(C)C.O=C(O)C(F)(F)F. The van der Waals surface area contributed by atoms with Gasteiger partial charge < -0.3 is 5.11 Å². The molecule has 12 heavy (non-hydrogen) atoms. The van der Waals surface area contributed by atoms with E-state index in [9.17, 15) is 13.2 Å². The summed E-state index contributed by atoms with van der Waals surface area (Å²) in [6.07, 6.45) is -3.78. The molecule has 0 aliphatic carbocycles. The lowest BCUT2D eigenvalue weighted by atomic mass is 10.2. The molecule has 74 valence electrons. The molecular formula is C7H13F3O2. The largest absolute Gasteiger partial charge is 0.490 e. The predicted octanol–water partition coefficient (Wildman–Crippen LogP) is 2.69. The van der Waals surface area contributed by atoms with Gasteiger partial charge in [0.05, 0.1) is 0 Å². The van der Waals surface area contributed by atoms with Gasteiger partial charge >= 0.3 is 12.1 Å². The second kappa shape index (κ2) is 5.85. The number of rotatable bonds is 1. The zero-order chi connectivity index (χ0) is 10.4. The van der Waals surface area contributed by atoms with Gasteiger partial charge in [-0.3, -0.25) is 0 Å². The molecule has 0 aliphatic rings. The Kier molecular flexibility index (Phi) is 6.74. The van der Waals surface area contributed by atoms with Gasteiger partial charge in [-0.25, -0.2) is 4.79 Å². The van der Waals surface area contributed by atoms with E-state index >= 15 is 0 Å². The number of carboxylic acid groups (broad SMARTS) is 1. The highest BCUT2D eigenvalue weighted by atomic mass is 19.4. The summed E-state index contributed by atoms with van der Waals surface area (Å²) in [6.45, 7) is 6.64. The van der Waals surface area contributed by atoms with E-state index in [0.717, 1.165) is 5.92 Å². The van der Waals surface area contributed by atoms with E-state index in [4.69, 9.17) is 9.90 Å². The van der Waals surface area contributed by atoms with Crippen molar-refractivity contribution in [3.63, 3.8) is 0 Å². The number of halogens is 3. The van der Waals surface area contributed by atoms with Crippen LogP contribution < -0.4 is 0 Å². The van der Waals surface area contributed by atoms with E-state index in [1.165, 1.54) is 6.42 Å². The van der Waals surface area contributed by atoms with Crippen LogP contribution in [-0.4, -0.2) is 17.3 Å². The zero-order valence-electron chi connectivity index (χ0n) is 7.27. The number of alkyl halides is 3. The maximum Gasteiger partial charge on any atom is 0.490 e. The smallest absolute Gasteiger partial charge is 0.475 e. The summed E-state index contributed by atoms with van der Waals surface area (Å²) in [6, 6.07) is 0. The van der Waals surface area contributed by atoms with Crippen LogP contribution in [0.3, 0.4) is 0 Å². The van der Waals surface area contributed by atoms with E-state index in [2.05, 4.69) is 20.8 Å². The van der Waals surface area contributed by atoms with Gasteiger partial charge in [-0.15, -0.1) is 0 Å². The minimum Gasteiger partial charge on any atom is -0.475 e. The van der Waals surface area contributed by atoms with Gasteiger partial charge in [-0.1, -0.05) is 27.2 Å². The van der Waals surface area contributed by atoms with Gasteiger partial charge in [0.1, 0.15) is 0 Å². The van der Waals surface area contributed by atoms with Crippen LogP contribution in [-0.2, 0) is 4.79 Å². The van der Waals surface area contributed by atoms with Crippen molar-refractivity contribution in [1.29, 1.82) is 0 Å². The first-order chi connectivity index (χ1) is 5.21. The molecular weight excluding hydrogens is 173 g/mol. The van der Waals surface area contributed by atoms with Crippen LogP contribution in [0.5, 0.6) is 0 Å². The fraction of sp³-hybridized carbons (Fsp3) is 0.857. The molecule has 0 saturated carbocycles. The summed E-state index contributed by atoms with van der Waals surface area (Å²) in [7, 11) is 0. The summed E-state index contributed by atoms with van der Waals surface area (Å²) in [5.41, 5.74) is 0. The molecule has 0 heterocycles. The van der Waals surface area contributed by atoms with E-state index in [-0.39, 0.29) is 0 Å². The Morgan fingerprint density at radius 2 is 1.58 bits per heavy atom. The van der Waals surface area contributed by atoms with E-state index in [1.807, 2.05) is 0 Å². The van der Waals surface area contributed by atoms with E-state index in [0.29, 0.717) is 0 Å². The highest BCUT2D eigenvalue weighted by molar-refractivity contribution is 5.73. The highest BCUT2D eigenvalue weighted by Crippen LogP contribution is 2.13. The van der Waals surface area contributed by atoms with Gasteiger partial charge in [0.2, 0.25) is 0 Å².